The number of hydrazine groups is 1. The van der Waals surface area contributed by atoms with Gasteiger partial charge in [0.2, 0.25) is 0 Å². The average Bonchev–Trinajstić information content (AvgIpc) is 2.84. The second-order valence-corrected chi connectivity index (χ2v) is 6.54. The van der Waals surface area contributed by atoms with E-state index >= 15 is 0 Å². The molecule has 1 fully saturated rings. The molecule has 0 aliphatic carbocycles. The lowest BCUT2D eigenvalue weighted by Crippen LogP contribution is -2.46. The molecule has 0 saturated carbocycles. The first-order valence-electron chi connectivity index (χ1n) is 7.09. The van der Waals surface area contributed by atoms with Gasteiger partial charge in [-0.05, 0) is 36.0 Å². The van der Waals surface area contributed by atoms with E-state index in [2.05, 4.69) is 10.7 Å². The number of carbonyl (C=O) groups excluding carboxylic acids is 2. The number of hydrogen-bond acceptors (Lipinski definition) is 4. The summed E-state index contributed by atoms with van der Waals surface area (Å²) in [6.07, 6.45) is 1.75. The highest BCUT2D eigenvalue weighted by atomic mass is 32.2. The van der Waals surface area contributed by atoms with Crippen molar-refractivity contribution in [3.05, 3.63) is 71.1 Å². The highest BCUT2D eigenvalue weighted by Crippen LogP contribution is 2.31. The van der Waals surface area contributed by atoms with E-state index in [1.165, 1.54) is 0 Å². The van der Waals surface area contributed by atoms with Gasteiger partial charge in [0.15, 0.2) is 4.32 Å². The van der Waals surface area contributed by atoms with Crippen LogP contribution in [0.4, 0.5) is 10.5 Å². The van der Waals surface area contributed by atoms with Crippen LogP contribution in [0.2, 0.25) is 0 Å². The molecule has 0 aromatic heterocycles. The lowest BCUT2D eigenvalue weighted by atomic mass is 10.2. The summed E-state index contributed by atoms with van der Waals surface area (Å²) >= 11 is 6.33. The smallest absolute Gasteiger partial charge is 0.307 e. The van der Waals surface area contributed by atoms with Gasteiger partial charge in [-0.3, -0.25) is 4.79 Å². The van der Waals surface area contributed by atoms with E-state index in [0.29, 0.717) is 10.6 Å². The van der Waals surface area contributed by atoms with Gasteiger partial charge in [0.1, 0.15) is 0 Å². The Labute approximate surface area is 148 Å². The van der Waals surface area contributed by atoms with Crippen LogP contribution in [0, 0.1) is 0 Å². The maximum Gasteiger partial charge on any atom is 0.338 e. The van der Waals surface area contributed by atoms with Crippen LogP contribution in [0.1, 0.15) is 5.56 Å². The Morgan fingerprint density at radius 1 is 1.04 bits per heavy atom. The third-order valence-corrected chi connectivity index (χ3v) is 4.44. The molecule has 2 aromatic rings. The molecule has 1 aliphatic rings. The summed E-state index contributed by atoms with van der Waals surface area (Å²) in [5.74, 6) is -0.350. The van der Waals surface area contributed by atoms with Gasteiger partial charge < -0.3 is 5.32 Å². The van der Waals surface area contributed by atoms with Crippen LogP contribution >= 0.6 is 24.0 Å². The lowest BCUT2D eigenvalue weighted by Gasteiger charge is -2.16. The zero-order valence-corrected chi connectivity index (χ0v) is 14.1. The van der Waals surface area contributed by atoms with Crippen LogP contribution < -0.4 is 10.7 Å². The topological polar surface area (TPSA) is 61.4 Å². The number of urea groups is 1. The Bertz CT molecular complexity index is 807. The van der Waals surface area contributed by atoms with Crippen molar-refractivity contribution < 1.29 is 9.59 Å². The molecule has 3 rings (SSSR count). The molecule has 1 saturated heterocycles. The van der Waals surface area contributed by atoms with E-state index < -0.39 is 6.03 Å². The van der Waals surface area contributed by atoms with Gasteiger partial charge in [0.25, 0.3) is 5.91 Å². The first kappa shape index (κ1) is 16.2. The van der Waals surface area contributed by atoms with Crippen LogP contribution in [0.5, 0.6) is 0 Å². The van der Waals surface area contributed by atoms with E-state index in [0.717, 1.165) is 22.3 Å². The highest BCUT2D eigenvalue weighted by Gasteiger charge is 2.33. The number of nitrogens with one attached hydrogen (secondary N) is 2. The van der Waals surface area contributed by atoms with Crippen molar-refractivity contribution >= 4 is 52.0 Å². The van der Waals surface area contributed by atoms with E-state index in [4.69, 9.17) is 12.2 Å². The molecule has 1 heterocycles. The van der Waals surface area contributed by atoms with Gasteiger partial charge in [0.05, 0.1) is 4.91 Å². The number of anilines is 1. The molecule has 0 spiro atoms. The molecule has 5 nitrogen and oxygen atoms in total. The van der Waals surface area contributed by atoms with Crippen LogP contribution in [0.15, 0.2) is 65.6 Å². The van der Waals surface area contributed by atoms with E-state index in [1.807, 2.05) is 36.4 Å². The summed E-state index contributed by atoms with van der Waals surface area (Å²) in [7, 11) is 0. The summed E-state index contributed by atoms with van der Waals surface area (Å²) < 4.78 is 0.283. The molecule has 2 N–H and O–H groups in total. The van der Waals surface area contributed by atoms with Crippen LogP contribution in [0.25, 0.3) is 6.08 Å². The average molecular weight is 355 g/mol. The van der Waals surface area contributed by atoms with Crippen molar-refractivity contribution in [3.63, 3.8) is 0 Å². The number of thiocarbonyl (C=S) groups is 1. The zero-order valence-electron chi connectivity index (χ0n) is 12.4. The van der Waals surface area contributed by atoms with Gasteiger partial charge in [-0.2, -0.15) is 5.01 Å². The minimum atomic E-state index is -0.529. The summed E-state index contributed by atoms with van der Waals surface area (Å²) in [6, 6.07) is 17.9. The molecule has 7 heteroatoms. The lowest BCUT2D eigenvalue weighted by molar-refractivity contribution is -0.123. The number of rotatable bonds is 3. The summed E-state index contributed by atoms with van der Waals surface area (Å²) in [5, 5.41) is 3.72. The molecular formula is C17H13N3O2S2. The van der Waals surface area contributed by atoms with Crippen LogP contribution in [0.3, 0.4) is 0 Å². The second-order valence-electron chi connectivity index (χ2n) is 4.86. The third-order valence-electron chi connectivity index (χ3n) is 3.14. The third kappa shape index (κ3) is 3.81. The number of nitrogens with zero attached hydrogens (tertiary/aromatic N) is 1. The molecule has 0 atom stereocenters. The summed E-state index contributed by atoms with van der Waals surface area (Å²) in [6.45, 7) is 0. The van der Waals surface area contributed by atoms with Crippen LogP contribution in [-0.2, 0) is 4.79 Å². The van der Waals surface area contributed by atoms with E-state index in [-0.39, 0.29) is 10.2 Å². The van der Waals surface area contributed by atoms with Crippen molar-refractivity contribution in [1.29, 1.82) is 0 Å². The number of amides is 3. The van der Waals surface area contributed by atoms with Crippen molar-refractivity contribution in [2.45, 2.75) is 0 Å². The van der Waals surface area contributed by atoms with Gasteiger partial charge in [-0.15, -0.1) is 0 Å². The largest absolute Gasteiger partial charge is 0.338 e. The number of hydrogen-bond donors (Lipinski definition) is 2. The molecule has 0 bridgehead atoms. The molecule has 1 aliphatic heterocycles. The molecule has 120 valence electrons. The Morgan fingerprint density at radius 3 is 2.33 bits per heavy atom. The predicted octanol–water partition coefficient (Wildman–Crippen LogP) is 3.62. The van der Waals surface area contributed by atoms with Crippen molar-refractivity contribution in [3.8, 4) is 0 Å². The van der Waals surface area contributed by atoms with Crippen molar-refractivity contribution in [1.82, 2.24) is 10.4 Å². The Morgan fingerprint density at radius 2 is 1.67 bits per heavy atom. The van der Waals surface area contributed by atoms with Crippen LogP contribution in [-0.4, -0.2) is 21.3 Å². The first-order chi connectivity index (χ1) is 11.6. The summed E-state index contributed by atoms with van der Waals surface area (Å²) in [4.78, 5) is 24.9. The minimum Gasteiger partial charge on any atom is -0.307 e. The monoisotopic (exact) mass is 355 g/mol. The standard InChI is InChI=1S/C17H13N3O2S2/c21-15-14(11-12-7-3-1-4-8-12)24-17(23)20(15)19-16(22)18-13-9-5-2-6-10-13/h1-11H,(H2,18,19,22)/b14-11-. The molecule has 24 heavy (non-hydrogen) atoms. The molecular weight excluding hydrogens is 342 g/mol. The molecule has 3 amide bonds. The fourth-order valence-corrected chi connectivity index (χ4v) is 3.23. The van der Waals surface area contributed by atoms with E-state index in [9.17, 15) is 9.59 Å². The van der Waals surface area contributed by atoms with Gasteiger partial charge in [-0.1, -0.05) is 60.3 Å². The first-order valence-corrected chi connectivity index (χ1v) is 8.31. The Kier molecular flexibility index (Phi) is 4.93. The van der Waals surface area contributed by atoms with E-state index in [1.54, 1.807) is 30.3 Å². The number of para-hydroxylation sites is 1. The fourth-order valence-electron chi connectivity index (χ4n) is 2.05. The molecule has 0 radical (unpaired) electrons. The number of carbonyl (C=O) groups is 2. The van der Waals surface area contributed by atoms with Gasteiger partial charge in [0, 0.05) is 5.69 Å². The number of benzene rings is 2. The predicted molar refractivity (Wildman–Crippen MR) is 100 cm³/mol. The zero-order chi connectivity index (χ0) is 16.9. The van der Waals surface area contributed by atoms with Gasteiger partial charge >= 0.3 is 6.03 Å². The van der Waals surface area contributed by atoms with Crippen molar-refractivity contribution in [2.75, 3.05) is 5.32 Å². The minimum absolute atomic E-state index is 0.283. The quantitative estimate of drug-likeness (QED) is 0.652. The maximum atomic E-state index is 12.4. The SMILES string of the molecule is O=C(Nc1ccccc1)NN1C(=O)/C(=C/c2ccccc2)SC1=S. The normalized spacial score (nSPS) is 15.7. The number of thioether (sulfide) groups is 1. The second kappa shape index (κ2) is 7.29. The molecule has 2 aromatic carbocycles. The van der Waals surface area contributed by atoms with Crippen molar-refractivity contribution in [2.24, 2.45) is 0 Å². The highest BCUT2D eigenvalue weighted by molar-refractivity contribution is 8.26. The maximum absolute atomic E-state index is 12.4. The van der Waals surface area contributed by atoms with Gasteiger partial charge in [-0.25, -0.2) is 10.2 Å². The Balaban J connectivity index is 1.68. The molecule has 0 unspecified atom stereocenters. The summed E-state index contributed by atoms with van der Waals surface area (Å²) in [5.41, 5.74) is 3.99. The fraction of sp³-hybridized carbons (Fsp3) is 0. The Hall–Kier alpha value is -2.64.